The molecule has 3 fully saturated rings. The number of phenolic OH excluding ortho intramolecular Hbond substituents is 1. The molecule has 6 atom stereocenters. The van der Waals surface area contributed by atoms with Crippen LogP contribution in [0.25, 0.3) is 0 Å². The summed E-state index contributed by atoms with van der Waals surface area (Å²) < 4.78 is 6.15. The van der Waals surface area contributed by atoms with Crippen LogP contribution in [0.1, 0.15) is 75.8 Å². The van der Waals surface area contributed by atoms with Gasteiger partial charge in [-0.3, -0.25) is 9.59 Å². The number of carbonyl (C=O) groups is 2. The van der Waals surface area contributed by atoms with Crippen LogP contribution in [-0.2, 0) is 20.7 Å². The minimum absolute atomic E-state index is 0.0139. The van der Waals surface area contributed by atoms with Crippen LogP contribution in [0.2, 0.25) is 0 Å². The monoisotopic (exact) mass is 382 g/mol. The topological polar surface area (TPSA) is 63.6 Å². The molecule has 1 aromatic rings. The van der Waals surface area contributed by atoms with Gasteiger partial charge in [-0.05, 0) is 99.3 Å². The van der Waals surface area contributed by atoms with Gasteiger partial charge in [0.1, 0.15) is 23.1 Å². The molecule has 1 heterocycles. The van der Waals surface area contributed by atoms with Gasteiger partial charge in [0.2, 0.25) is 0 Å². The molecule has 4 aliphatic rings. The molecule has 1 saturated heterocycles. The molecular formula is C24H30O4. The van der Waals surface area contributed by atoms with Gasteiger partial charge in [-0.2, -0.15) is 0 Å². The fourth-order valence-corrected chi connectivity index (χ4v) is 7.42. The predicted molar refractivity (Wildman–Crippen MR) is 105 cm³/mol. The van der Waals surface area contributed by atoms with Crippen molar-refractivity contribution >= 4 is 11.8 Å². The van der Waals surface area contributed by atoms with Gasteiger partial charge in [0.15, 0.2) is 0 Å². The van der Waals surface area contributed by atoms with E-state index >= 15 is 0 Å². The van der Waals surface area contributed by atoms with E-state index in [2.05, 4.69) is 13.0 Å². The maximum atomic E-state index is 12.6. The Morgan fingerprint density at radius 3 is 2.68 bits per heavy atom. The fourth-order valence-electron chi connectivity index (χ4n) is 7.42. The number of carbonyl (C=O) groups excluding carboxylic acids is 2. The third-order valence-electron chi connectivity index (χ3n) is 8.91. The Kier molecular flexibility index (Phi) is 3.95. The van der Waals surface area contributed by atoms with Crippen LogP contribution in [0.5, 0.6) is 5.75 Å². The summed E-state index contributed by atoms with van der Waals surface area (Å²) in [4.78, 5) is 24.4. The van der Waals surface area contributed by atoms with E-state index in [9.17, 15) is 14.7 Å². The Morgan fingerprint density at radius 2 is 1.93 bits per heavy atom. The van der Waals surface area contributed by atoms with E-state index < -0.39 is 5.92 Å². The van der Waals surface area contributed by atoms with E-state index in [1.165, 1.54) is 18.1 Å². The van der Waals surface area contributed by atoms with Crippen molar-refractivity contribution < 1.29 is 19.4 Å². The minimum atomic E-state index is -0.557. The van der Waals surface area contributed by atoms with Gasteiger partial charge in [-0.1, -0.05) is 13.0 Å². The van der Waals surface area contributed by atoms with Gasteiger partial charge in [0.05, 0.1) is 0 Å². The molecule has 1 spiro atoms. The molecular weight excluding hydrogens is 352 g/mol. The van der Waals surface area contributed by atoms with Crippen molar-refractivity contribution in [3.8, 4) is 5.75 Å². The van der Waals surface area contributed by atoms with E-state index in [1.807, 2.05) is 12.1 Å². The van der Waals surface area contributed by atoms with Gasteiger partial charge >= 0.3 is 5.97 Å². The number of Topliss-reactive ketones (excluding diaryl/α,β-unsaturated/α-hetero) is 1. The Labute approximate surface area is 166 Å². The van der Waals surface area contributed by atoms with Crippen molar-refractivity contribution in [2.75, 3.05) is 0 Å². The maximum absolute atomic E-state index is 12.6. The smallest absolute Gasteiger partial charge is 0.317 e. The SMILES string of the molecule is CC(=O)C1CC[C@@]2(CC[C@H]3[C@@H]4CCc5cc(O)ccc5[C@H]4CC[C@@]32C)OC1=O. The van der Waals surface area contributed by atoms with Crippen molar-refractivity contribution in [2.24, 2.45) is 23.2 Å². The quantitative estimate of drug-likeness (QED) is 0.572. The van der Waals surface area contributed by atoms with E-state index in [-0.39, 0.29) is 22.8 Å². The number of fused-ring (bicyclic) bond motifs is 6. The van der Waals surface area contributed by atoms with Gasteiger partial charge in [0.25, 0.3) is 0 Å². The average Bonchev–Trinajstić information content (AvgIpc) is 2.93. The summed E-state index contributed by atoms with van der Waals surface area (Å²) in [6.07, 6.45) is 7.89. The molecule has 0 radical (unpaired) electrons. The second-order valence-corrected chi connectivity index (χ2v) is 9.91. The lowest BCUT2D eigenvalue weighted by Gasteiger charge is -2.55. The molecule has 1 aliphatic heterocycles. The average molecular weight is 383 g/mol. The number of benzene rings is 1. The summed E-state index contributed by atoms with van der Waals surface area (Å²) in [5.41, 5.74) is 2.38. The lowest BCUT2D eigenvalue weighted by atomic mass is 9.52. The van der Waals surface area contributed by atoms with Crippen LogP contribution in [0, 0.1) is 23.2 Å². The van der Waals surface area contributed by atoms with Gasteiger partial charge in [-0.25, -0.2) is 0 Å². The zero-order valence-electron chi connectivity index (χ0n) is 16.9. The Hall–Kier alpha value is -1.84. The van der Waals surface area contributed by atoms with Gasteiger partial charge in [0, 0.05) is 5.41 Å². The first-order valence-electron chi connectivity index (χ1n) is 10.9. The van der Waals surface area contributed by atoms with E-state index in [1.54, 1.807) is 0 Å². The standard InChI is InChI=1S/C24H30O4/c1-14(25)17-8-11-24(28-22(17)27)12-9-21-20-5-3-15-13-16(26)4-6-18(15)19(20)7-10-23(21,24)2/h4,6,13,17,19-21,26H,3,5,7-12H2,1-2H3/t17?,19-,20-,21+,23+,24+/m1/s1. The minimum Gasteiger partial charge on any atom is -0.508 e. The summed E-state index contributed by atoms with van der Waals surface area (Å²) >= 11 is 0. The number of phenols is 1. The van der Waals surface area contributed by atoms with Crippen LogP contribution < -0.4 is 0 Å². The lowest BCUT2D eigenvalue weighted by molar-refractivity contribution is -0.198. The first kappa shape index (κ1) is 18.2. The third kappa shape index (κ3) is 2.36. The summed E-state index contributed by atoms with van der Waals surface area (Å²) in [6, 6.07) is 5.91. The molecule has 1 N–H and O–H groups in total. The number of aryl methyl sites for hydroxylation is 1. The number of hydrogen-bond acceptors (Lipinski definition) is 4. The highest BCUT2D eigenvalue weighted by atomic mass is 16.6. The molecule has 150 valence electrons. The summed E-state index contributed by atoms with van der Waals surface area (Å²) in [5.74, 6) is 1.21. The van der Waals surface area contributed by atoms with Crippen LogP contribution in [0.4, 0.5) is 0 Å². The Bertz CT molecular complexity index is 845. The van der Waals surface area contributed by atoms with Crippen molar-refractivity contribution in [1.29, 1.82) is 0 Å². The number of esters is 1. The summed E-state index contributed by atoms with van der Waals surface area (Å²) in [7, 11) is 0. The summed E-state index contributed by atoms with van der Waals surface area (Å²) in [6.45, 7) is 3.86. The highest BCUT2D eigenvalue weighted by Crippen LogP contribution is 2.67. The first-order chi connectivity index (χ1) is 13.3. The Morgan fingerprint density at radius 1 is 1.14 bits per heavy atom. The molecule has 2 saturated carbocycles. The van der Waals surface area contributed by atoms with Crippen LogP contribution in [0.3, 0.4) is 0 Å². The largest absolute Gasteiger partial charge is 0.508 e. The third-order valence-corrected chi connectivity index (χ3v) is 8.91. The number of hydrogen-bond donors (Lipinski definition) is 1. The zero-order chi connectivity index (χ0) is 19.7. The second kappa shape index (κ2) is 6.08. The van der Waals surface area contributed by atoms with Crippen LogP contribution in [-0.4, -0.2) is 22.5 Å². The number of aromatic hydroxyl groups is 1. The molecule has 0 aromatic heterocycles. The molecule has 4 nitrogen and oxygen atoms in total. The molecule has 0 bridgehead atoms. The van der Waals surface area contributed by atoms with E-state index in [0.717, 1.165) is 44.9 Å². The number of ether oxygens (including phenoxy) is 1. The predicted octanol–water partition coefficient (Wildman–Crippen LogP) is 4.53. The number of ketones is 1. The van der Waals surface area contributed by atoms with Crippen molar-refractivity contribution in [2.45, 2.75) is 76.7 Å². The van der Waals surface area contributed by atoms with E-state index in [0.29, 0.717) is 29.9 Å². The van der Waals surface area contributed by atoms with Crippen molar-refractivity contribution in [1.82, 2.24) is 0 Å². The molecule has 28 heavy (non-hydrogen) atoms. The fraction of sp³-hybridized carbons (Fsp3) is 0.667. The Balaban J connectivity index is 1.44. The maximum Gasteiger partial charge on any atom is 0.317 e. The first-order valence-corrected chi connectivity index (χ1v) is 10.9. The van der Waals surface area contributed by atoms with Crippen molar-refractivity contribution in [3.63, 3.8) is 0 Å². The molecule has 0 amide bonds. The molecule has 4 heteroatoms. The van der Waals surface area contributed by atoms with Crippen LogP contribution >= 0.6 is 0 Å². The highest BCUT2D eigenvalue weighted by molar-refractivity contribution is 5.98. The normalized spacial score (nSPS) is 41.7. The second-order valence-electron chi connectivity index (χ2n) is 9.91. The lowest BCUT2D eigenvalue weighted by Crippen LogP contribution is -2.56. The number of rotatable bonds is 1. The van der Waals surface area contributed by atoms with Gasteiger partial charge < -0.3 is 9.84 Å². The highest BCUT2D eigenvalue weighted by Gasteiger charge is 2.65. The molecule has 1 aromatic carbocycles. The molecule has 1 unspecified atom stereocenters. The summed E-state index contributed by atoms with van der Waals surface area (Å²) in [5, 5.41) is 9.85. The van der Waals surface area contributed by atoms with Crippen LogP contribution in [0.15, 0.2) is 18.2 Å². The van der Waals surface area contributed by atoms with Crippen molar-refractivity contribution in [3.05, 3.63) is 29.3 Å². The molecule has 5 rings (SSSR count). The molecule has 3 aliphatic carbocycles. The zero-order valence-corrected chi connectivity index (χ0v) is 16.9. The van der Waals surface area contributed by atoms with E-state index in [4.69, 9.17) is 4.74 Å². The van der Waals surface area contributed by atoms with Gasteiger partial charge in [-0.15, -0.1) is 0 Å².